The van der Waals surface area contributed by atoms with Gasteiger partial charge in [0, 0.05) is 12.6 Å². The van der Waals surface area contributed by atoms with Crippen molar-refractivity contribution in [1.29, 1.82) is 0 Å². The lowest BCUT2D eigenvalue weighted by atomic mass is 10.1. The third-order valence-electron chi connectivity index (χ3n) is 3.23. The number of nitrogens with one attached hydrogen (secondary N) is 2. The van der Waals surface area contributed by atoms with Gasteiger partial charge in [-0.3, -0.25) is 4.79 Å². The first kappa shape index (κ1) is 17.7. The zero-order valence-electron chi connectivity index (χ0n) is 13.5. The van der Waals surface area contributed by atoms with Crippen molar-refractivity contribution in [1.82, 2.24) is 4.83 Å². The van der Waals surface area contributed by atoms with Gasteiger partial charge in [-0.15, -0.1) is 0 Å². The van der Waals surface area contributed by atoms with Crippen LogP contribution in [0.5, 0.6) is 0 Å². The Morgan fingerprint density at radius 3 is 2.21 bits per heavy atom. The molecule has 0 aromatic heterocycles. The van der Waals surface area contributed by atoms with Crippen molar-refractivity contribution in [3.8, 4) is 0 Å². The molecule has 0 atom stereocenters. The highest BCUT2D eigenvalue weighted by Gasteiger charge is 2.13. The Morgan fingerprint density at radius 1 is 1.04 bits per heavy atom. The van der Waals surface area contributed by atoms with E-state index >= 15 is 0 Å². The summed E-state index contributed by atoms with van der Waals surface area (Å²) in [5.74, 6) is -0.219. The lowest BCUT2D eigenvalue weighted by Gasteiger charge is -2.08. The summed E-state index contributed by atoms with van der Waals surface area (Å²) in [6, 6.07) is 15.3. The normalized spacial score (nSPS) is 11.8. The highest BCUT2D eigenvalue weighted by molar-refractivity contribution is 7.89. The first-order valence-electron chi connectivity index (χ1n) is 7.44. The van der Waals surface area contributed by atoms with Crippen LogP contribution in [0.2, 0.25) is 0 Å². The molecular formula is C17H19N3O3S. The Kier molecular flexibility index (Phi) is 5.70. The Morgan fingerprint density at radius 2 is 1.67 bits per heavy atom. The quantitative estimate of drug-likeness (QED) is 0.623. The van der Waals surface area contributed by atoms with Gasteiger partial charge in [0.15, 0.2) is 0 Å². The molecule has 7 heteroatoms. The highest BCUT2D eigenvalue weighted by Crippen LogP contribution is 2.14. The van der Waals surface area contributed by atoms with Crippen LogP contribution in [0.4, 0.5) is 5.69 Å². The molecule has 0 aliphatic rings. The second-order valence-corrected chi connectivity index (χ2v) is 6.74. The van der Waals surface area contributed by atoms with Gasteiger partial charge in [0.1, 0.15) is 0 Å². The predicted molar refractivity (Wildman–Crippen MR) is 94.3 cm³/mol. The molecule has 2 rings (SSSR count). The molecule has 2 aromatic carbocycles. The van der Waals surface area contributed by atoms with Crippen LogP contribution in [0, 0.1) is 0 Å². The van der Waals surface area contributed by atoms with Gasteiger partial charge in [-0.2, -0.15) is 18.4 Å². The third kappa shape index (κ3) is 4.66. The van der Waals surface area contributed by atoms with Gasteiger partial charge in [-0.05, 0) is 36.2 Å². The van der Waals surface area contributed by atoms with E-state index in [2.05, 4.69) is 15.2 Å². The lowest BCUT2D eigenvalue weighted by Crippen LogP contribution is -2.20. The Bertz CT molecular complexity index is 829. The summed E-state index contributed by atoms with van der Waals surface area (Å²) in [6.45, 7) is 3.29. The minimum absolute atomic E-state index is 0.0730. The SMILES string of the molecule is CC/C(=N\NS(=O)(=O)c1ccc(NC(C)=O)cc1)c1ccccc1. The van der Waals surface area contributed by atoms with Gasteiger partial charge in [0.05, 0.1) is 10.6 Å². The Balaban J connectivity index is 2.18. The first-order chi connectivity index (χ1) is 11.4. The van der Waals surface area contributed by atoms with Crippen LogP contribution in [0.15, 0.2) is 64.6 Å². The van der Waals surface area contributed by atoms with Gasteiger partial charge in [-0.25, -0.2) is 0 Å². The Hall–Kier alpha value is -2.67. The van der Waals surface area contributed by atoms with E-state index in [0.29, 0.717) is 17.8 Å². The fourth-order valence-electron chi connectivity index (χ4n) is 2.07. The summed E-state index contributed by atoms with van der Waals surface area (Å²) in [5.41, 5.74) is 2.04. The van der Waals surface area contributed by atoms with Crippen LogP contribution in [-0.4, -0.2) is 20.0 Å². The van der Waals surface area contributed by atoms with Crippen molar-refractivity contribution >= 4 is 27.3 Å². The molecule has 0 heterocycles. The topological polar surface area (TPSA) is 87.6 Å². The average Bonchev–Trinajstić information content (AvgIpc) is 2.56. The molecule has 2 aromatic rings. The summed E-state index contributed by atoms with van der Waals surface area (Å²) in [4.78, 5) is 13.3. The number of carbonyl (C=O) groups excluding carboxylic acids is 1. The van der Waals surface area contributed by atoms with Crippen LogP contribution >= 0.6 is 0 Å². The van der Waals surface area contributed by atoms with E-state index in [1.165, 1.54) is 31.2 Å². The second-order valence-electron chi connectivity index (χ2n) is 5.08. The number of carbonyl (C=O) groups is 1. The maximum absolute atomic E-state index is 12.3. The van der Waals surface area contributed by atoms with Crippen molar-refractivity contribution < 1.29 is 13.2 Å². The standard InChI is InChI=1S/C17H19N3O3S/c1-3-17(14-7-5-4-6-8-14)19-20-24(22,23)16-11-9-15(10-12-16)18-13(2)21/h4-12,20H,3H2,1-2H3,(H,18,21)/b19-17+. The molecule has 2 N–H and O–H groups in total. The number of hydrazone groups is 1. The van der Waals surface area contributed by atoms with Crippen molar-refractivity contribution in [2.24, 2.45) is 5.10 Å². The molecule has 24 heavy (non-hydrogen) atoms. The zero-order chi connectivity index (χ0) is 17.6. The van der Waals surface area contributed by atoms with E-state index in [9.17, 15) is 13.2 Å². The molecule has 0 unspecified atom stereocenters. The monoisotopic (exact) mass is 345 g/mol. The van der Waals surface area contributed by atoms with Gasteiger partial charge in [0.25, 0.3) is 10.0 Å². The molecule has 0 fully saturated rings. The Labute approximate surface area is 141 Å². The number of amides is 1. The fourth-order valence-corrected chi connectivity index (χ4v) is 2.90. The van der Waals surface area contributed by atoms with E-state index in [1.807, 2.05) is 37.3 Å². The van der Waals surface area contributed by atoms with Crippen molar-refractivity contribution in [2.75, 3.05) is 5.32 Å². The van der Waals surface area contributed by atoms with Crippen molar-refractivity contribution in [3.05, 3.63) is 60.2 Å². The number of nitrogens with zero attached hydrogens (tertiary/aromatic N) is 1. The van der Waals surface area contributed by atoms with Crippen LogP contribution in [-0.2, 0) is 14.8 Å². The van der Waals surface area contributed by atoms with Gasteiger partial charge in [-0.1, -0.05) is 37.3 Å². The summed E-state index contributed by atoms with van der Waals surface area (Å²) >= 11 is 0. The molecule has 0 aliphatic carbocycles. The summed E-state index contributed by atoms with van der Waals surface area (Å²) in [5, 5.41) is 6.62. The van der Waals surface area contributed by atoms with E-state index in [-0.39, 0.29) is 10.8 Å². The number of rotatable bonds is 6. The molecule has 0 saturated carbocycles. The van der Waals surface area contributed by atoms with Crippen LogP contribution in [0.1, 0.15) is 25.8 Å². The molecule has 0 radical (unpaired) electrons. The van der Waals surface area contributed by atoms with Gasteiger partial charge >= 0.3 is 0 Å². The smallest absolute Gasteiger partial charge is 0.276 e. The van der Waals surface area contributed by atoms with Crippen molar-refractivity contribution in [2.45, 2.75) is 25.2 Å². The van der Waals surface area contributed by atoms with Gasteiger partial charge < -0.3 is 5.32 Å². The lowest BCUT2D eigenvalue weighted by molar-refractivity contribution is -0.114. The molecule has 6 nitrogen and oxygen atoms in total. The van der Waals surface area contributed by atoms with Crippen LogP contribution < -0.4 is 10.1 Å². The largest absolute Gasteiger partial charge is 0.326 e. The minimum Gasteiger partial charge on any atom is -0.326 e. The molecule has 0 aliphatic heterocycles. The van der Waals surface area contributed by atoms with Gasteiger partial charge in [0.2, 0.25) is 5.91 Å². The van der Waals surface area contributed by atoms with E-state index < -0.39 is 10.0 Å². The number of hydrogen-bond acceptors (Lipinski definition) is 4. The fraction of sp³-hybridized carbons (Fsp3) is 0.176. The molecule has 1 amide bonds. The number of benzene rings is 2. The van der Waals surface area contributed by atoms with Crippen LogP contribution in [0.25, 0.3) is 0 Å². The average molecular weight is 345 g/mol. The third-order valence-corrected chi connectivity index (χ3v) is 4.45. The first-order valence-corrected chi connectivity index (χ1v) is 8.92. The molecule has 0 saturated heterocycles. The highest BCUT2D eigenvalue weighted by atomic mass is 32.2. The number of hydrogen-bond donors (Lipinski definition) is 2. The maximum Gasteiger partial charge on any atom is 0.276 e. The molecular weight excluding hydrogens is 326 g/mol. The summed E-state index contributed by atoms with van der Waals surface area (Å²) in [6.07, 6.45) is 0.591. The van der Waals surface area contributed by atoms with Crippen LogP contribution in [0.3, 0.4) is 0 Å². The van der Waals surface area contributed by atoms with E-state index in [4.69, 9.17) is 0 Å². The zero-order valence-corrected chi connectivity index (χ0v) is 14.3. The number of anilines is 1. The van der Waals surface area contributed by atoms with Crippen molar-refractivity contribution in [3.63, 3.8) is 0 Å². The summed E-state index contributed by atoms with van der Waals surface area (Å²) in [7, 11) is -3.77. The summed E-state index contributed by atoms with van der Waals surface area (Å²) < 4.78 is 24.6. The van der Waals surface area contributed by atoms with E-state index in [0.717, 1.165) is 5.56 Å². The number of sulfonamides is 1. The maximum atomic E-state index is 12.3. The molecule has 126 valence electrons. The minimum atomic E-state index is -3.77. The predicted octanol–water partition coefficient (Wildman–Crippen LogP) is 2.74. The molecule has 0 bridgehead atoms. The second kappa shape index (κ2) is 7.74. The molecule has 0 spiro atoms. The van der Waals surface area contributed by atoms with E-state index in [1.54, 1.807) is 0 Å².